The first-order chi connectivity index (χ1) is 12.8. The van der Waals surface area contributed by atoms with E-state index in [1.54, 1.807) is 0 Å². The van der Waals surface area contributed by atoms with Gasteiger partial charge >= 0.3 is 6.03 Å². The second kappa shape index (κ2) is 7.56. The SMILES string of the molecule is O=C(NCCCN1CCc2ccccc21)NCc1ccc2c(c1)OCO2. The number of nitrogens with one attached hydrogen (secondary N) is 2. The van der Waals surface area contributed by atoms with E-state index in [1.807, 2.05) is 18.2 Å². The van der Waals surface area contributed by atoms with Crippen molar-refractivity contribution in [3.8, 4) is 11.5 Å². The Kier molecular flexibility index (Phi) is 4.82. The average molecular weight is 353 g/mol. The number of fused-ring (bicyclic) bond motifs is 2. The maximum atomic E-state index is 12.0. The van der Waals surface area contributed by atoms with Crippen molar-refractivity contribution in [3.05, 3.63) is 53.6 Å². The molecule has 2 heterocycles. The summed E-state index contributed by atoms with van der Waals surface area (Å²) in [6.45, 7) is 3.40. The number of benzene rings is 2. The summed E-state index contributed by atoms with van der Waals surface area (Å²) in [5, 5.41) is 5.79. The molecule has 0 spiro atoms. The largest absolute Gasteiger partial charge is 0.454 e. The van der Waals surface area contributed by atoms with Crippen LogP contribution in [-0.2, 0) is 13.0 Å². The van der Waals surface area contributed by atoms with Gasteiger partial charge in [0, 0.05) is 31.9 Å². The number of urea groups is 1. The Labute approximate surface area is 153 Å². The fraction of sp³-hybridized carbons (Fsp3) is 0.350. The van der Waals surface area contributed by atoms with Gasteiger partial charge in [-0.15, -0.1) is 0 Å². The summed E-state index contributed by atoms with van der Waals surface area (Å²) in [4.78, 5) is 14.3. The van der Waals surface area contributed by atoms with Gasteiger partial charge in [0.25, 0.3) is 0 Å². The van der Waals surface area contributed by atoms with Crippen LogP contribution in [0.15, 0.2) is 42.5 Å². The summed E-state index contributed by atoms with van der Waals surface area (Å²) in [6.07, 6.45) is 2.03. The van der Waals surface area contributed by atoms with Crippen molar-refractivity contribution in [1.29, 1.82) is 0 Å². The minimum absolute atomic E-state index is 0.149. The van der Waals surface area contributed by atoms with E-state index in [-0.39, 0.29) is 12.8 Å². The van der Waals surface area contributed by atoms with Crippen molar-refractivity contribution in [2.75, 3.05) is 31.3 Å². The summed E-state index contributed by atoms with van der Waals surface area (Å²) in [5.74, 6) is 1.48. The van der Waals surface area contributed by atoms with Crippen LogP contribution < -0.4 is 25.0 Å². The lowest BCUT2D eigenvalue weighted by atomic mass is 10.2. The number of amides is 2. The van der Waals surface area contributed by atoms with Crippen LogP contribution in [0.2, 0.25) is 0 Å². The molecular weight excluding hydrogens is 330 g/mol. The Hall–Kier alpha value is -2.89. The lowest BCUT2D eigenvalue weighted by Crippen LogP contribution is -2.36. The van der Waals surface area contributed by atoms with Crippen LogP contribution in [0.5, 0.6) is 11.5 Å². The van der Waals surface area contributed by atoms with Gasteiger partial charge in [0.05, 0.1) is 0 Å². The number of anilines is 1. The van der Waals surface area contributed by atoms with Gasteiger partial charge in [-0.1, -0.05) is 24.3 Å². The maximum absolute atomic E-state index is 12.0. The molecule has 0 saturated heterocycles. The quantitative estimate of drug-likeness (QED) is 0.784. The van der Waals surface area contributed by atoms with Crippen molar-refractivity contribution in [1.82, 2.24) is 10.6 Å². The zero-order chi connectivity index (χ0) is 17.8. The number of ether oxygens (including phenoxy) is 2. The third kappa shape index (κ3) is 3.69. The van der Waals surface area contributed by atoms with E-state index in [0.29, 0.717) is 13.1 Å². The zero-order valence-electron chi connectivity index (χ0n) is 14.7. The van der Waals surface area contributed by atoms with Crippen molar-refractivity contribution in [2.24, 2.45) is 0 Å². The first kappa shape index (κ1) is 16.6. The lowest BCUT2D eigenvalue weighted by molar-refractivity contribution is 0.174. The van der Waals surface area contributed by atoms with Gasteiger partial charge in [0.2, 0.25) is 6.79 Å². The molecule has 2 amide bonds. The molecular formula is C20H23N3O3. The minimum atomic E-state index is -0.149. The monoisotopic (exact) mass is 353 g/mol. The van der Waals surface area contributed by atoms with Gasteiger partial charge in [0.15, 0.2) is 11.5 Å². The second-order valence-electron chi connectivity index (χ2n) is 6.52. The molecule has 0 aromatic heterocycles. The molecule has 0 bridgehead atoms. The topological polar surface area (TPSA) is 62.8 Å². The van der Waals surface area contributed by atoms with Crippen LogP contribution in [0.4, 0.5) is 10.5 Å². The average Bonchev–Trinajstić information content (AvgIpc) is 3.30. The Morgan fingerprint density at radius 2 is 1.96 bits per heavy atom. The number of hydrogen-bond donors (Lipinski definition) is 2. The molecule has 136 valence electrons. The van der Waals surface area contributed by atoms with Crippen LogP contribution in [0.3, 0.4) is 0 Å². The Morgan fingerprint density at radius 1 is 1.08 bits per heavy atom. The van der Waals surface area contributed by atoms with E-state index in [2.05, 4.69) is 39.8 Å². The molecule has 6 nitrogen and oxygen atoms in total. The fourth-order valence-electron chi connectivity index (χ4n) is 3.41. The smallest absolute Gasteiger partial charge is 0.315 e. The van der Waals surface area contributed by atoms with E-state index < -0.39 is 0 Å². The molecule has 6 heteroatoms. The minimum Gasteiger partial charge on any atom is -0.454 e. The highest BCUT2D eigenvalue weighted by molar-refractivity contribution is 5.73. The highest BCUT2D eigenvalue weighted by atomic mass is 16.7. The molecule has 0 atom stereocenters. The molecule has 26 heavy (non-hydrogen) atoms. The summed E-state index contributed by atoms with van der Waals surface area (Å²) in [7, 11) is 0. The highest BCUT2D eigenvalue weighted by Crippen LogP contribution is 2.32. The predicted octanol–water partition coefficient (Wildman–Crippen LogP) is 2.67. The summed E-state index contributed by atoms with van der Waals surface area (Å²) < 4.78 is 10.6. The molecule has 0 radical (unpaired) electrons. The van der Waals surface area contributed by atoms with Crippen molar-refractivity contribution in [3.63, 3.8) is 0 Å². The van der Waals surface area contributed by atoms with E-state index in [1.165, 1.54) is 11.3 Å². The molecule has 2 aliphatic heterocycles. The van der Waals surface area contributed by atoms with Crippen LogP contribution in [0.25, 0.3) is 0 Å². The van der Waals surface area contributed by atoms with E-state index in [0.717, 1.165) is 43.0 Å². The Morgan fingerprint density at radius 3 is 2.92 bits per heavy atom. The maximum Gasteiger partial charge on any atom is 0.315 e. The van der Waals surface area contributed by atoms with E-state index >= 15 is 0 Å². The zero-order valence-corrected chi connectivity index (χ0v) is 14.7. The van der Waals surface area contributed by atoms with Crippen molar-refractivity contribution >= 4 is 11.7 Å². The third-order valence-electron chi connectivity index (χ3n) is 4.76. The first-order valence-electron chi connectivity index (χ1n) is 9.03. The van der Waals surface area contributed by atoms with Crippen LogP contribution in [0.1, 0.15) is 17.5 Å². The van der Waals surface area contributed by atoms with Crippen LogP contribution >= 0.6 is 0 Å². The molecule has 2 N–H and O–H groups in total. The molecule has 0 aliphatic carbocycles. The lowest BCUT2D eigenvalue weighted by Gasteiger charge is -2.19. The summed E-state index contributed by atoms with van der Waals surface area (Å²) >= 11 is 0. The molecule has 0 unspecified atom stereocenters. The van der Waals surface area contributed by atoms with Crippen LogP contribution in [-0.4, -0.2) is 32.5 Å². The molecule has 2 aromatic carbocycles. The number of hydrogen-bond acceptors (Lipinski definition) is 4. The normalized spacial score (nSPS) is 14.2. The third-order valence-corrected chi connectivity index (χ3v) is 4.76. The van der Waals surface area contributed by atoms with Gasteiger partial charge in [-0.3, -0.25) is 0 Å². The summed E-state index contributed by atoms with van der Waals surface area (Å²) in [5.41, 5.74) is 3.74. The first-order valence-corrected chi connectivity index (χ1v) is 9.03. The highest BCUT2D eigenvalue weighted by Gasteiger charge is 2.17. The number of rotatable bonds is 6. The standard InChI is InChI=1S/C20H23N3O3/c24-20(22-13-15-6-7-18-19(12-15)26-14-25-18)21-9-3-10-23-11-8-16-4-1-2-5-17(16)23/h1-2,4-7,12H,3,8-11,13-14H2,(H2,21,22,24). The van der Waals surface area contributed by atoms with Gasteiger partial charge in [-0.25, -0.2) is 4.79 Å². The molecule has 2 aromatic rings. The van der Waals surface area contributed by atoms with Gasteiger partial charge in [-0.2, -0.15) is 0 Å². The molecule has 0 fully saturated rings. The number of nitrogens with zero attached hydrogens (tertiary/aromatic N) is 1. The number of carbonyl (C=O) groups excluding carboxylic acids is 1. The molecule has 2 aliphatic rings. The van der Waals surface area contributed by atoms with Gasteiger partial charge < -0.3 is 25.0 Å². The number of carbonyl (C=O) groups is 1. The van der Waals surface area contributed by atoms with E-state index in [9.17, 15) is 4.79 Å². The number of para-hydroxylation sites is 1. The van der Waals surface area contributed by atoms with Crippen molar-refractivity contribution in [2.45, 2.75) is 19.4 Å². The summed E-state index contributed by atoms with van der Waals surface area (Å²) in [6, 6.07) is 14.1. The fourth-order valence-corrected chi connectivity index (χ4v) is 3.41. The molecule has 0 saturated carbocycles. The van der Waals surface area contributed by atoms with Gasteiger partial charge in [-0.05, 0) is 42.2 Å². The van der Waals surface area contributed by atoms with Crippen molar-refractivity contribution < 1.29 is 14.3 Å². The Balaban J connectivity index is 1.16. The molecule has 4 rings (SSSR count). The Bertz CT molecular complexity index is 794. The van der Waals surface area contributed by atoms with Crippen LogP contribution in [0, 0.1) is 0 Å². The van der Waals surface area contributed by atoms with E-state index in [4.69, 9.17) is 9.47 Å². The van der Waals surface area contributed by atoms with Gasteiger partial charge in [0.1, 0.15) is 0 Å². The second-order valence-corrected chi connectivity index (χ2v) is 6.52. The predicted molar refractivity (Wildman–Crippen MR) is 99.8 cm³/mol.